The summed E-state index contributed by atoms with van der Waals surface area (Å²) in [6, 6.07) is -1.53. The van der Waals surface area contributed by atoms with Gasteiger partial charge in [0.15, 0.2) is 6.10 Å². The normalized spacial score (nSPS) is 14.0. The van der Waals surface area contributed by atoms with Crippen molar-refractivity contribution in [2.45, 2.75) is 219 Å². The Labute approximate surface area is 353 Å². The predicted molar refractivity (Wildman–Crippen MR) is 235 cm³/mol. The highest BCUT2D eigenvalue weighted by atomic mass is 31.2. The predicted octanol–water partition coefficient (Wildman–Crippen LogP) is 12.4. The first kappa shape index (κ1) is 55.7. The molecule has 0 bridgehead atoms. The van der Waals surface area contributed by atoms with E-state index in [0.29, 0.717) is 12.8 Å². The lowest BCUT2D eigenvalue weighted by Gasteiger charge is -2.20. The highest BCUT2D eigenvalue weighted by Crippen LogP contribution is 2.43. The molecule has 4 N–H and O–H groups in total. The van der Waals surface area contributed by atoms with Crippen LogP contribution in [0.3, 0.4) is 0 Å². The van der Waals surface area contributed by atoms with Crippen LogP contribution in [-0.4, -0.2) is 59.9 Å². The summed E-state index contributed by atoms with van der Waals surface area (Å²) in [7, 11) is -4.73. The number of phosphoric ester groups is 1. The number of hydrogen-bond acceptors (Lipinski definition) is 9. The summed E-state index contributed by atoms with van der Waals surface area (Å²) in [6.45, 7) is 2.75. The summed E-state index contributed by atoms with van der Waals surface area (Å²) >= 11 is 0. The van der Waals surface area contributed by atoms with Gasteiger partial charge in [0.25, 0.3) is 0 Å². The summed E-state index contributed by atoms with van der Waals surface area (Å²) in [5.74, 6) is -2.44. The van der Waals surface area contributed by atoms with Crippen LogP contribution in [0, 0.1) is 0 Å². The molecule has 0 aromatic heterocycles. The van der Waals surface area contributed by atoms with Crippen LogP contribution in [0.2, 0.25) is 0 Å². The molecule has 12 heteroatoms. The zero-order valence-electron chi connectivity index (χ0n) is 36.6. The molecule has 0 amide bonds. The second-order valence-electron chi connectivity index (χ2n) is 15.5. The van der Waals surface area contributed by atoms with Gasteiger partial charge in [0.1, 0.15) is 12.6 Å². The van der Waals surface area contributed by atoms with E-state index < -0.39 is 51.1 Å². The van der Waals surface area contributed by atoms with E-state index in [9.17, 15) is 23.8 Å². The first-order valence-corrected chi connectivity index (χ1v) is 24.5. The molecule has 0 aromatic carbocycles. The van der Waals surface area contributed by atoms with Crippen molar-refractivity contribution in [1.82, 2.24) is 0 Å². The van der Waals surface area contributed by atoms with E-state index in [-0.39, 0.29) is 19.4 Å². The van der Waals surface area contributed by atoms with Crippen LogP contribution in [-0.2, 0) is 37.5 Å². The Morgan fingerprint density at radius 2 is 0.948 bits per heavy atom. The number of aliphatic carboxylic acids is 1. The van der Waals surface area contributed by atoms with E-state index in [4.69, 9.17) is 24.8 Å². The van der Waals surface area contributed by atoms with Crippen LogP contribution in [0.1, 0.15) is 206 Å². The van der Waals surface area contributed by atoms with Gasteiger partial charge >= 0.3 is 25.7 Å². The minimum Gasteiger partial charge on any atom is -0.480 e. The Bertz CT molecular complexity index is 1130. The molecular formula is C46H84NO10P. The maximum atomic E-state index is 12.6. The maximum absolute atomic E-state index is 12.6. The number of carbonyl (C=O) groups is 3. The van der Waals surface area contributed by atoms with Gasteiger partial charge in [-0.25, -0.2) is 4.57 Å². The Kier molecular flexibility index (Phi) is 39.8. The van der Waals surface area contributed by atoms with E-state index in [2.05, 4.69) is 48.8 Å². The first-order valence-electron chi connectivity index (χ1n) is 23.0. The zero-order valence-corrected chi connectivity index (χ0v) is 37.5. The van der Waals surface area contributed by atoms with Gasteiger partial charge in [-0.15, -0.1) is 0 Å². The summed E-state index contributed by atoms with van der Waals surface area (Å²) in [5, 5.41) is 8.89. The van der Waals surface area contributed by atoms with Gasteiger partial charge < -0.3 is 25.2 Å². The molecule has 0 saturated heterocycles. The van der Waals surface area contributed by atoms with Crippen LogP contribution in [0.4, 0.5) is 0 Å². The van der Waals surface area contributed by atoms with Crippen LogP contribution in [0.5, 0.6) is 0 Å². The number of rotatable bonds is 43. The number of esters is 2. The molecule has 0 aliphatic heterocycles. The minimum absolute atomic E-state index is 0.0780. The third-order valence-corrected chi connectivity index (χ3v) is 10.8. The SMILES string of the molecule is CCCCC/C=C/C/C=C/CCCCCCCCCCCC(=O)OC[C@H](COP(=O)(O)OC[C@H](N)C(=O)O)OC(=O)CC/C=C/CCCCCCCCCCCCC. The average molecular weight is 842 g/mol. The van der Waals surface area contributed by atoms with Crippen molar-refractivity contribution in [3.05, 3.63) is 36.5 Å². The standard InChI is InChI=1S/C46H84NO10P/c1-3-5-7-9-11-13-15-17-19-20-21-22-24-25-27-29-31-33-35-37-44(48)54-39-42(40-55-58(52,53)56-41-43(47)46(50)51)57-45(49)38-36-34-32-30-28-26-23-18-16-14-12-10-8-6-4-2/h11,13,17,19,32,34,42-43H,3-10,12,14-16,18,20-31,33,35-41,47H2,1-2H3,(H,50,51)(H,52,53)/b13-11+,19-17+,34-32+/t42-,43+/m1/s1. The van der Waals surface area contributed by atoms with Gasteiger partial charge in [-0.05, 0) is 57.8 Å². The molecule has 1 unspecified atom stereocenters. The van der Waals surface area contributed by atoms with Crippen molar-refractivity contribution in [3.63, 3.8) is 0 Å². The number of unbranched alkanes of at least 4 members (excludes halogenated alkanes) is 23. The lowest BCUT2D eigenvalue weighted by molar-refractivity contribution is -0.161. The van der Waals surface area contributed by atoms with Crippen molar-refractivity contribution < 1.29 is 47.5 Å². The Balaban J connectivity index is 4.34. The molecule has 0 aromatic rings. The van der Waals surface area contributed by atoms with Gasteiger partial charge in [-0.3, -0.25) is 23.4 Å². The summed E-state index contributed by atoms with van der Waals surface area (Å²) in [6.07, 6.45) is 45.0. The highest BCUT2D eigenvalue weighted by molar-refractivity contribution is 7.47. The summed E-state index contributed by atoms with van der Waals surface area (Å²) in [5.41, 5.74) is 5.33. The molecule has 0 rings (SSSR count). The van der Waals surface area contributed by atoms with Crippen molar-refractivity contribution in [3.8, 4) is 0 Å². The molecule has 0 saturated carbocycles. The first-order chi connectivity index (χ1) is 28.1. The molecule has 11 nitrogen and oxygen atoms in total. The molecule has 3 atom stereocenters. The molecule has 338 valence electrons. The minimum atomic E-state index is -4.73. The number of carbonyl (C=O) groups excluding carboxylic acids is 2. The van der Waals surface area contributed by atoms with Gasteiger partial charge in [-0.1, -0.05) is 172 Å². The molecule has 0 spiro atoms. The number of carboxylic acid groups (broad SMARTS) is 1. The van der Waals surface area contributed by atoms with E-state index >= 15 is 0 Å². The summed E-state index contributed by atoms with van der Waals surface area (Å²) < 4.78 is 32.7. The topological polar surface area (TPSA) is 172 Å². The van der Waals surface area contributed by atoms with Gasteiger partial charge in [0, 0.05) is 12.8 Å². The molecule has 58 heavy (non-hydrogen) atoms. The molecule has 0 aliphatic carbocycles. The summed E-state index contributed by atoms with van der Waals surface area (Å²) in [4.78, 5) is 46.0. The van der Waals surface area contributed by atoms with Crippen molar-refractivity contribution in [2.75, 3.05) is 19.8 Å². The van der Waals surface area contributed by atoms with Crippen molar-refractivity contribution >= 4 is 25.7 Å². The monoisotopic (exact) mass is 842 g/mol. The maximum Gasteiger partial charge on any atom is 0.472 e. The second kappa shape index (κ2) is 41.4. The second-order valence-corrected chi connectivity index (χ2v) is 17.0. The third kappa shape index (κ3) is 40.5. The van der Waals surface area contributed by atoms with Gasteiger partial charge in [-0.2, -0.15) is 0 Å². The fourth-order valence-corrected chi connectivity index (χ4v) is 7.01. The Morgan fingerprint density at radius 3 is 1.47 bits per heavy atom. The van der Waals surface area contributed by atoms with E-state index in [1.165, 1.54) is 122 Å². The third-order valence-electron chi connectivity index (χ3n) is 9.87. The van der Waals surface area contributed by atoms with E-state index in [0.717, 1.165) is 44.9 Å². The fourth-order valence-electron chi connectivity index (χ4n) is 6.23. The smallest absolute Gasteiger partial charge is 0.472 e. The van der Waals surface area contributed by atoms with Crippen LogP contribution in [0.15, 0.2) is 36.5 Å². The fraction of sp³-hybridized carbons (Fsp3) is 0.804. The highest BCUT2D eigenvalue weighted by Gasteiger charge is 2.28. The van der Waals surface area contributed by atoms with Crippen LogP contribution in [0.25, 0.3) is 0 Å². The lowest BCUT2D eigenvalue weighted by atomic mass is 10.1. The Morgan fingerprint density at radius 1 is 0.534 bits per heavy atom. The quantitative estimate of drug-likeness (QED) is 0.0231. The number of carboxylic acids is 1. The number of allylic oxidation sites excluding steroid dienone is 6. The van der Waals surface area contributed by atoms with Crippen molar-refractivity contribution in [2.24, 2.45) is 5.73 Å². The Hall–Kier alpha value is -2.30. The zero-order chi connectivity index (χ0) is 42.8. The van der Waals surface area contributed by atoms with Gasteiger partial charge in [0.2, 0.25) is 0 Å². The average Bonchev–Trinajstić information content (AvgIpc) is 3.20. The van der Waals surface area contributed by atoms with E-state index in [1.54, 1.807) is 0 Å². The van der Waals surface area contributed by atoms with Crippen LogP contribution >= 0.6 is 7.82 Å². The number of phosphoric acid groups is 1. The molecule has 0 radical (unpaired) electrons. The molecular weight excluding hydrogens is 757 g/mol. The number of ether oxygens (including phenoxy) is 2. The molecule has 0 aliphatic rings. The van der Waals surface area contributed by atoms with Crippen LogP contribution < -0.4 is 5.73 Å². The molecule has 0 fully saturated rings. The number of nitrogens with two attached hydrogens (primary N) is 1. The van der Waals surface area contributed by atoms with E-state index in [1.807, 2.05) is 6.08 Å². The number of hydrogen-bond donors (Lipinski definition) is 3. The van der Waals surface area contributed by atoms with Crippen molar-refractivity contribution in [1.29, 1.82) is 0 Å². The van der Waals surface area contributed by atoms with Gasteiger partial charge in [0.05, 0.1) is 13.2 Å². The molecule has 0 heterocycles. The lowest BCUT2D eigenvalue weighted by Crippen LogP contribution is -2.34. The largest absolute Gasteiger partial charge is 0.480 e.